The van der Waals surface area contributed by atoms with E-state index in [1.807, 2.05) is 6.92 Å². The Morgan fingerprint density at radius 3 is 2.25 bits per heavy atom. The SMILES string of the molecule is CCCCC(C)OC(CO)CO. The zero-order valence-corrected chi connectivity index (χ0v) is 7.99. The second-order valence-corrected chi connectivity index (χ2v) is 3.08. The first-order valence-corrected chi connectivity index (χ1v) is 4.61. The first-order chi connectivity index (χ1) is 5.74. The van der Waals surface area contributed by atoms with Gasteiger partial charge in [0, 0.05) is 0 Å². The molecule has 12 heavy (non-hydrogen) atoms. The van der Waals surface area contributed by atoms with E-state index in [4.69, 9.17) is 14.9 Å². The molecule has 0 aromatic rings. The van der Waals surface area contributed by atoms with E-state index in [2.05, 4.69) is 6.92 Å². The average molecular weight is 176 g/mol. The molecule has 2 N–H and O–H groups in total. The fraction of sp³-hybridized carbons (Fsp3) is 1.00. The number of hydrogen-bond acceptors (Lipinski definition) is 3. The molecule has 0 aliphatic heterocycles. The van der Waals surface area contributed by atoms with E-state index in [0.29, 0.717) is 0 Å². The molecule has 0 radical (unpaired) electrons. The molecule has 1 unspecified atom stereocenters. The standard InChI is InChI=1S/C9H20O3/c1-3-4-5-8(2)12-9(6-10)7-11/h8-11H,3-7H2,1-2H3. The highest BCUT2D eigenvalue weighted by Gasteiger charge is 2.10. The van der Waals surface area contributed by atoms with Crippen molar-refractivity contribution in [2.24, 2.45) is 0 Å². The van der Waals surface area contributed by atoms with Gasteiger partial charge in [0.05, 0.1) is 19.3 Å². The second kappa shape index (κ2) is 7.53. The van der Waals surface area contributed by atoms with Crippen LogP contribution in [0.1, 0.15) is 33.1 Å². The molecule has 74 valence electrons. The summed E-state index contributed by atoms with van der Waals surface area (Å²) in [5.74, 6) is 0. The van der Waals surface area contributed by atoms with Crippen molar-refractivity contribution in [1.29, 1.82) is 0 Å². The summed E-state index contributed by atoms with van der Waals surface area (Å²) in [5.41, 5.74) is 0. The predicted octanol–water partition coefficient (Wildman–Crippen LogP) is 0.935. The van der Waals surface area contributed by atoms with Crippen molar-refractivity contribution in [2.45, 2.75) is 45.3 Å². The first kappa shape index (κ1) is 11.9. The third kappa shape index (κ3) is 5.52. The Balaban J connectivity index is 3.44. The third-order valence-corrected chi connectivity index (χ3v) is 1.80. The van der Waals surface area contributed by atoms with Crippen LogP contribution in [0.5, 0.6) is 0 Å². The van der Waals surface area contributed by atoms with Crippen molar-refractivity contribution in [3.05, 3.63) is 0 Å². The molecule has 1 atom stereocenters. The molecule has 0 aliphatic rings. The number of aliphatic hydroxyl groups is 2. The van der Waals surface area contributed by atoms with Crippen LogP contribution < -0.4 is 0 Å². The molecule has 3 nitrogen and oxygen atoms in total. The van der Waals surface area contributed by atoms with E-state index in [1.165, 1.54) is 0 Å². The van der Waals surface area contributed by atoms with Crippen molar-refractivity contribution in [3.8, 4) is 0 Å². The third-order valence-electron chi connectivity index (χ3n) is 1.80. The highest BCUT2D eigenvalue weighted by atomic mass is 16.5. The summed E-state index contributed by atoms with van der Waals surface area (Å²) in [6.45, 7) is 3.89. The quantitative estimate of drug-likeness (QED) is 0.607. The van der Waals surface area contributed by atoms with E-state index < -0.39 is 6.10 Å². The van der Waals surface area contributed by atoms with Gasteiger partial charge in [0.15, 0.2) is 0 Å². The summed E-state index contributed by atoms with van der Waals surface area (Å²) in [5, 5.41) is 17.4. The molecule has 0 fully saturated rings. The maximum absolute atomic E-state index is 8.72. The van der Waals surface area contributed by atoms with Gasteiger partial charge in [0.1, 0.15) is 6.10 Å². The lowest BCUT2D eigenvalue weighted by molar-refractivity contribution is -0.0591. The number of aliphatic hydroxyl groups excluding tert-OH is 2. The number of ether oxygens (including phenoxy) is 1. The summed E-state index contributed by atoms with van der Waals surface area (Å²) in [4.78, 5) is 0. The first-order valence-electron chi connectivity index (χ1n) is 4.61. The number of rotatable bonds is 7. The molecule has 3 heteroatoms. The van der Waals surface area contributed by atoms with Gasteiger partial charge in [-0.05, 0) is 13.3 Å². The molecular weight excluding hydrogens is 156 g/mol. The molecule has 0 spiro atoms. The molecule has 0 heterocycles. The lowest BCUT2D eigenvalue weighted by Crippen LogP contribution is -2.26. The lowest BCUT2D eigenvalue weighted by atomic mass is 10.2. The highest BCUT2D eigenvalue weighted by molar-refractivity contribution is 4.57. The second-order valence-electron chi connectivity index (χ2n) is 3.08. The summed E-state index contributed by atoms with van der Waals surface area (Å²) in [6, 6.07) is 0. The van der Waals surface area contributed by atoms with E-state index in [-0.39, 0.29) is 19.3 Å². The van der Waals surface area contributed by atoms with Crippen LogP contribution in [0.25, 0.3) is 0 Å². The molecule has 0 amide bonds. The fourth-order valence-electron chi connectivity index (χ4n) is 1.03. The van der Waals surface area contributed by atoms with Crippen molar-refractivity contribution < 1.29 is 14.9 Å². The maximum Gasteiger partial charge on any atom is 0.104 e. The Morgan fingerprint density at radius 2 is 1.83 bits per heavy atom. The van der Waals surface area contributed by atoms with Gasteiger partial charge < -0.3 is 14.9 Å². The summed E-state index contributed by atoms with van der Waals surface area (Å²) in [6.07, 6.45) is 3.00. The van der Waals surface area contributed by atoms with Crippen LogP contribution in [0.4, 0.5) is 0 Å². The van der Waals surface area contributed by atoms with Crippen LogP contribution in [-0.2, 0) is 4.74 Å². The molecule has 0 saturated carbocycles. The highest BCUT2D eigenvalue weighted by Crippen LogP contribution is 2.06. The van der Waals surface area contributed by atoms with E-state index in [0.717, 1.165) is 19.3 Å². The van der Waals surface area contributed by atoms with Crippen LogP contribution in [0.15, 0.2) is 0 Å². The molecule has 0 bridgehead atoms. The van der Waals surface area contributed by atoms with Crippen LogP contribution in [-0.4, -0.2) is 35.6 Å². The molecular formula is C9H20O3. The monoisotopic (exact) mass is 176 g/mol. The fourth-order valence-corrected chi connectivity index (χ4v) is 1.03. The lowest BCUT2D eigenvalue weighted by Gasteiger charge is -2.18. The van der Waals surface area contributed by atoms with E-state index in [9.17, 15) is 0 Å². The van der Waals surface area contributed by atoms with Crippen LogP contribution in [0.2, 0.25) is 0 Å². The van der Waals surface area contributed by atoms with Crippen LogP contribution in [0.3, 0.4) is 0 Å². The largest absolute Gasteiger partial charge is 0.394 e. The Hall–Kier alpha value is -0.120. The zero-order chi connectivity index (χ0) is 9.40. The Bertz CT molecular complexity index is 91.8. The number of hydrogen-bond donors (Lipinski definition) is 2. The molecule has 0 aromatic carbocycles. The van der Waals surface area contributed by atoms with Gasteiger partial charge in [-0.2, -0.15) is 0 Å². The molecule has 0 aliphatic carbocycles. The van der Waals surface area contributed by atoms with Gasteiger partial charge in [-0.15, -0.1) is 0 Å². The summed E-state index contributed by atoms with van der Waals surface area (Å²) in [7, 11) is 0. The Kier molecular flexibility index (Phi) is 7.45. The Morgan fingerprint density at radius 1 is 1.25 bits per heavy atom. The van der Waals surface area contributed by atoms with Crippen LogP contribution in [0, 0.1) is 0 Å². The van der Waals surface area contributed by atoms with Crippen molar-refractivity contribution in [3.63, 3.8) is 0 Å². The van der Waals surface area contributed by atoms with Crippen molar-refractivity contribution >= 4 is 0 Å². The molecule has 0 aromatic heterocycles. The van der Waals surface area contributed by atoms with Gasteiger partial charge >= 0.3 is 0 Å². The smallest absolute Gasteiger partial charge is 0.104 e. The predicted molar refractivity (Wildman–Crippen MR) is 48.0 cm³/mol. The summed E-state index contributed by atoms with van der Waals surface area (Å²) >= 11 is 0. The van der Waals surface area contributed by atoms with Crippen molar-refractivity contribution in [2.75, 3.05) is 13.2 Å². The minimum absolute atomic E-state index is 0.104. The number of unbranched alkanes of at least 4 members (excludes halogenated alkanes) is 1. The van der Waals surface area contributed by atoms with Gasteiger partial charge in [-0.1, -0.05) is 19.8 Å². The van der Waals surface area contributed by atoms with E-state index >= 15 is 0 Å². The van der Waals surface area contributed by atoms with Gasteiger partial charge in [-0.25, -0.2) is 0 Å². The van der Waals surface area contributed by atoms with Gasteiger partial charge in [0.2, 0.25) is 0 Å². The average Bonchev–Trinajstić information content (AvgIpc) is 2.10. The van der Waals surface area contributed by atoms with Gasteiger partial charge in [0.25, 0.3) is 0 Å². The zero-order valence-electron chi connectivity index (χ0n) is 7.99. The van der Waals surface area contributed by atoms with Gasteiger partial charge in [-0.3, -0.25) is 0 Å². The summed E-state index contributed by atoms with van der Waals surface area (Å²) < 4.78 is 5.35. The van der Waals surface area contributed by atoms with Crippen molar-refractivity contribution in [1.82, 2.24) is 0 Å². The van der Waals surface area contributed by atoms with E-state index in [1.54, 1.807) is 0 Å². The molecule has 0 rings (SSSR count). The topological polar surface area (TPSA) is 49.7 Å². The normalized spacial score (nSPS) is 13.8. The molecule has 0 saturated heterocycles. The minimum atomic E-state index is -0.406. The van der Waals surface area contributed by atoms with Crippen LogP contribution >= 0.6 is 0 Å². The minimum Gasteiger partial charge on any atom is -0.394 e. The Labute approximate surface area is 74.4 Å². The maximum atomic E-state index is 8.72.